The molecule has 1 N–H and O–H groups in total. The molecule has 0 aliphatic rings. The second-order valence-electron chi connectivity index (χ2n) is 3.38. The van der Waals surface area contributed by atoms with Crippen LogP contribution < -0.4 is 5.32 Å². The molecule has 0 unspecified atom stereocenters. The second-order valence-corrected chi connectivity index (χ2v) is 3.38. The van der Waals surface area contributed by atoms with Gasteiger partial charge in [0.1, 0.15) is 0 Å². The van der Waals surface area contributed by atoms with Gasteiger partial charge in [0.2, 0.25) is 0 Å². The van der Waals surface area contributed by atoms with Crippen LogP contribution in [0.5, 0.6) is 0 Å². The molecule has 1 heterocycles. The van der Waals surface area contributed by atoms with E-state index < -0.39 is 0 Å². The maximum Gasteiger partial charge on any atom is 0.0933 e. The quantitative estimate of drug-likeness (QED) is 0.602. The summed E-state index contributed by atoms with van der Waals surface area (Å²) in [5.41, 5.74) is 2.12. The summed E-state index contributed by atoms with van der Waals surface area (Å²) < 4.78 is 0. The summed E-state index contributed by atoms with van der Waals surface area (Å²) in [7, 11) is 0. The maximum atomic E-state index is 4.37. The lowest BCUT2D eigenvalue weighted by Crippen LogP contribution is -2.00. The Kier molecular flexibility index (Phi) is 2.98. The molecule has 0 spiro atoms. The molecule has 1 aromatic heterocycles. The van der Waals surface area contributed by atoms with Crippen molar-refractivity contribution in [1.29, 1.82) is 0 Å². The van der Waals surface area contributed by atoms with Crippen molar-refractivity contribution >= 4 is 16.6 Å². The van der Waals surface area contributed by atoms with Crippen molar-refractivity contribution in [2.75, 3.05) is 11.9 Å². The first-order valence-electron chi connectivity index (χ1n) is 5.10. The Labute approximate surface area is 89.7 Å². The molecule has 2 nitrogen and oxygen atoms in total. The van der Waals surface area contributed by atoms with Crippen LogP contribution in [-0.4, -0.2) is 11.5 Å². The molecule has 2 heteroatoms. The topological polar surface area (TPSA) is 24.9 Å². The van der Waals surface area contributed by atoms with E-state index in [9.17, 15) is 0 Å². The molecular weight excluding hydrogens is 184 g/mol. The van der Waals surface area contributed by atoms with Gasteiger partial charge in [-0.25, -0.2) is 0 Å². The molecule has 0 radical (unpaired) electrons. The minimum atomic E-state index is 0.902. The molecule has 0 fully saturated rings. The zero-order valence-corrected chi connectivity index (χ0v) is 8.61. The van der Waals surface area contributed by atoms with Crippen molar-refractivity contribution in [3.63, 3.8) is 0 Å². The van der Waals surface area contributed by atoms with Gasteiger partial charge in [-0.15, -0.1) is 6.58 Å². The summed E-state index contributed by atoms with van der Waals surface area (Å²) in [5, 5.41) is 4.52. The molecule has 0 aliphatic carbocycles. The van der Waals surface area contributed by atoms with Crippen LogP contribution in [0.4, 0.5) is 5.69 Å². The highest BCUT2D eigenvalue weighted by molar-refractivity contribution is 5.90. The smallest absolute Gasteiger partial charge is 0.0933 e. The van der Waals surface area contributed by atoms with Gasteiger partial charge in [-0.1, -0.05) is 24.3 Å². The SMILES string of the molecule is C=CCCNc1cccc2cccnc12. The Morgan fingerprint density at radius 2 is 2.13 bits per heavy atom. The molecule has 0 aliphatic heterocycles. The number of aromatic nitrogens is 1. The lowest BCUT2D eigenvalue weighted by Gasteiger charge is -2.07. The standard InChI is InChI=1S/C13H14N2/c1-2-3-9-14-12-8-4-6-11-7-5-10-15-13(11)12/h2,4-8,10,14H,1,3,9H2. The summed E-state index contributed by atoms with van der Waals surface area (Å²) in [6.45, 7) is 4.60. The van der Waals surface area contributed by atoms with Crippen LogP contribution in [0.1, 0.15) is 6.42 Å². The van der Waals surface area contributed by atoms with E-state index in [2.05, 4.69) is 35.1 Å². The number of rotatable bonds is 4. The summed E-state index contributed by atoms with van der Waals surface area (Å²) in [5.74, 6) is 0. The van der Waals surface area contributed by atoms with Crippen LogP contribution in [0.25, 0.3) is 10.9 Å². The van der Waals surface area contributed by atoms with E-state index in [4.69, 9.17) is 0 Å². The average molecular weight is 198 g/mol. The van der Waals surface area contributed by atoms with Crippen molar-refractivity contribution in [1.82, 2.24) is 4.98 Å². The minimum absolute atomic E-state index is 0.902. The lowest BCUT2D eigenvalue weighted by molar-refractivity contribution is 1.07. The fourth-order valence-corrected chi connectivity index (χ4v) is 1.56. The van der Waals surface area contributed by atoms with Gasteiger partial charge in [-0.2, -0.15) is 0 Å². The van der Waals surface area contributed by atoms with Crippen molar-refractivity contribution in [2.24, 2.45) is 0 Å². The molecule has 2 aromatic rings. The van der Waals surface area contributed by atoms with Crippen molar-refractivity contribution in [3.8, 4) is 0 Å². The largest absolute Gasteiger partial charge is 0.383 e. The minimum Gasteiger partial charge on any atom is -0.383 e. The van der Waals surface area contributed by atoms with E-state index in [1.54, 1.807) is 0 Å². The summed E-state index contributed by atoms with van der Waals surface area (Å²) >= 11 is 0. The van der Waals surface area contributed by atoms with E-state index in [1.807, 2.05) is 24.4 Å². The predicted octanol–water partition coefficient (Wildman–Crippen LogP) is 3.22. The summed E-state index contributed by atoms with van der Waals surface area (Å²) in [6.07, 6.45) is 4.69. The second kappa shape index (κ2) is 4.60. The first-order valence-corrected chi connectivity index (χ1v) is 5.10. The third kappa shape index (κ3) is 2.15. The summed E-state index contributed by atoms with van der Waals surface area (Å²) in [6, 6.07) is 10.2. The third-order valence-electron chi connectivity index (χ3n) is 2.30. The molecular formula is C13H14N2. The first kappa shape index (κ1) is 9.71. The predicted molar refractivity (Wildman–Crippen MR) is 65.0 cm³/mol. The fourth-order valence-electron chi connectivity index (χ4n) is 1.56. The summed E-state index contributed by atoms with van der Waals surface area (Å²) in [4.78, 5) is 4.37. The fraction of sp³-hybridized carbons (Fsp3) is 0.154. The van der Waals surface area contributed by atoms with Gasteiger partial charge in [0, 0.05) is 18.1 Å². The normalized spacial score (nSPS) is 10.1. The molecule has 76 valence electrons. The van der Waals surface area contributed by atoms with Gasteiger partial charge < -0.3 is 5.32 Å². The molecule has 2 rings (SSSR count). The highest BCUT2D eigenvalue weighted by Crippen LogP contribution is 2.20. The Morgan fingerprint density at radius 1 is 1.27 bits per heavy atom. The number of hydrogen-bond acceptors (Lipinski definition) is 2. The van der Waals surface area contributed by atoms with E-state index >= 15 is 0 Å². The number of anilines is 1. The van der Waals surface area contributed by atoms with E-state index in [0.717, 1.165) is 24.2 Å². The Bertz CT molecular complexity index is 458. The van der Waals surface area contributed by atoms with E-state index in [1.165, 1.54) is 5.39 Å². The van der Waals surface area contributed by atoms with Crippen LogP contribution in [0.3, 0.4) is 0 Å². The zero-order chi connectivity index (χ0) is 10.5. The molecule has 0 atom stereocenters. The monoisotopic (exact) mass is 198 g/mol. The Hall–Kier alpha value is -1.83. The van der Waals surface area contributed by atoms with E-state index in [-0.39, 0.29) is 0 Å². The van der Waals surface area contributed by atoms with Crippen molar-refractivity contribution in [3.05, 3.63) is 49.2 Å². The lowest BCUT2D eigenvalue weighted by atomic mass is 10.2. The number of para-hydroxylation sites is 1. The van der Waals surface area contributed by atoms with Crippen molar-refractivity contribution < 1.29 is 0 Å². The Balaban J connectivity index is 2.30. The van der Waals surface area contributed by atoms with E-state index in [0.29, 0.717) is 0 Å². The van der Waals surface area contributed by atoms with Crippen LogP contribution >= 0.6 is 0 Å². The van der Waals surface area contributed by atoms with Crippen molar-refractivity contribution in [2.45, 2.75) is 6.42 Å². The molecule has 15 heavy (non-hydrogen) atoms. The highest BCUT2D eigenvalue weighted by atomic mass is 14.9. The van der Waals surface area contributed by atoms with Gasteiger partial charge in [0.25, 0.3) is 0 Å². The van der Waals surface area contributed by atoms with Gasteiger partial charge >= 0.3 is 0 Å². The molecule has 0 saturated carbocycles. The van der Waals surface area contributed by atoms with Gasteiger partial charge in [0.15, 0.2) is 0 Å². The maximum absolute atomic E-state index is 4.37. The van der Waals surface area contributed by atoms with Crippen LogP contribution in [0, 0.1) is 0 Å². The number of nitrogens with zero attached hydrogens (tertiary/aromatic N) is 1. The van der Waals surface area contributed by atoms with Gasteiger partial charge in [0.05, 0.1) is 11.2 Å². The number of nitrogens with one attached hydrogen (secondary N) is 1. The third-order valence-corrected chi connectivity index (χ3v) is 2.30. The first-order chi connectivity index (χ1) is 7.42. The molecule has 0 bridgehead atoms. The van der Waals surface area contributed by atoms with Gasteiger partial charge in [-0.05, 0) is 18.6 Å². The molecule has 0 amide bonds. The number of hydrogen-bond donors (Lipinski definition) is 1. The van der Waals surface area contributed by atoms with Crippen LogP contribution in [-0.2, 0) is 0 Å². The average Bonchev–Trinajstić information content (AvgIpc) is 2.30. The Morgan fingerprint density at radius 3 is 3.00 bits per heavy atom. The van der Waals surface area contributed by atoms with Crippen LogP contribution in [0.15, 0.2) is 49.2 Å². The van der Waals surface area contributed by atoms with Gasteiger partial charge in [-0.3, -0.25) is 4.98 Å². The zero-order valence-electron chi connectivity index (χ0n) is 8.61. The highest BCUT2D eigenvalue weighted by Gasteiger charge is 1.99. The number of pyridine rings is 1. The number of benzene rings is 1. The van der Waals surface area contributed by atoms with Crippen LogP contribution in [0.2, 0.25) is 0 Å². The molecule has 0 saturated heterocycles. The number of fused-ring (bicyclic) bond motifs is 1. The molecule has 1 aromatic carbocycles.